The topological polar surface area (TPSA) is 43.9 Å². The SMILES string of the molecule is CN(C)CCN(Cc1ccccc1)C(=O)c1cccc(N2CCCC2=O)c1. The molecule has 0 N–H and O–H groups in total. The lowest BCUT2D eigenvalue weighted by atomic mass is 10.1. The number of benzene rings is 2. The van der Waals surface area contributed by atoms with E-state index in [2.05, 4.69) is 4.90 Å². The number of carbonyl (C=O) groups is 2. The van der Waals surface area contributed by atoms with Crippen molar-refractivity contribution in [3.63, 3.8) is 0 Å². The molecule has 1 aliphatic heterocycles. The standard InChI is InChI=1S/C22H27N3O2/c1-23(2)14-15-24(17-18-8-4-3-5-9-18)22(27)19-10-6-11-20(16-19)25-13-7-12-21(25)26/h3-6,8-11,16H,7,12-15,17H2,1-2H3. The van der Waals surface area contributed by atoms with Crippen LogP contribution in [-0.2, 0) is 11.3 Å². The summed E-state index contributed by atoms with van der Waals surface area (Å²) in [7, 11) is 4.01. The maximum atomic E-state index is 13.2. The highest BCUT2D eigenvalue weighted by Gasteiger charge is 2.23. The van der Waals surface area contributed by atoms with Gasteiger partial charge in [0.15, 0.2) is 0 Å². The fraction of sp³-hybridized carbons (Fsp3) is 0.364. The molecule has 1 fully saturated rings. The van der Waals surface area contributed by atoms with Crippen LogP contribution in [-0.4, -0.2) is 55.3 Å². The van der Waals surface area contributed by atoms with Gasteiger partial charge < -0.3 is 14.7 Å². The number of amides is 2. The Balaban J connectivity index is 1.81. The first kappa shape index (κ1) is 19.1. The first-order valence-electron chi connectivity index (χ1n) is 9.43. The molecule has 5 heteroatoms. The summed E-state index contributed by atoms with van der Waals surface area (Å²) < 4.78 is 0. The van der Waals surface area contributed by atoms with Crippen molar-refractivity contribution in [3.05, 3.63) is 65.7 Å². The third-order valence-corrected chi connectivity index (χ3v) is 4.80. The highest BCUT2D eigenvalue weighted by Crippen LogP contribution is 2.23. The number of rotatable bonds is 7. The van der Waals surface area contributed by atoms with E-state index in [1.54, 1.807) is 4.90 Å². The predicted molar refractivity (Wildman–Crippen MR) is 108 cm³/mol. The summed E-state index contributed by atoms with van der Waals surface area (Å²) in [5.41, 5.74) is 2.55. The van der Waals surface area contributed by atoms with Crippen molar-refractivity contribution in [2.45, 2.75) is 19.4 Å². The smallest absolute Gasteiger partial charge is 0.254 e. The Labute approximate surface area is 161 Å². The van der Waals surface area contributed by atoms with Crippen molar-refractivity contribution >= 4 is 17.5 Å². The second-order valence-corrected chi connectivity index (χ2v) is 7.21. The molecule has 2 aromatic rings. The molecule has 142 valence electrons. The van der Waals surface area contributed by atoms with Gasteiger partial charge in [-0.25, -0.2) is 0 Å². The maximum absolute atomic E-state index is 13.2. The van der Waals surface area contributed by atoms with Gasteiger partial charge >= 0.3 is 0 Å². The van der Waals surface area contributed by atoms with Crippen LogP contribution in [0.25, 0.3) is 0 Å². The third kappa shape index (κ3) is 4.95. The molecule has 0 aromatic heterocycles. The lowest BCUT2D eigenvalue weighted by Gasteiger charge is -2.25. The zero-order chi connectivity index (χ0) is 19.2. The Kier molecular flexibility index (Phi) is 6.24. The van der Waals surface area contributed by atoms with Crippen LogP contribution in [0.15, 0.2) is 54.6 Å². The first-order chi connectivity index (χ1) is 13.0. The largest absolute Gasteiger partial charge is 0.333 e. The zero-order valence-electron chi connectivity index (χ0n) is 16.1. The van der Waals surface area contributed by atoms with Crippen LogP contribution < -0.4 is 4.90 Å². The number of carbonyl (C=O) groups excluding carboxylic acids is 2. The molecule has 1 saturated heterocycles. The summed E-state index contributed by atoms with van der Waals surface area (Å²) >= 11 is 0. The molecule has 0 spiro atoms. The Morgan fingerprint density at radius 3 is 2.48 bits per heavy atom. The summed E-state index contributed by atoms with van der Waals surface area (Å²) in [6.07, 6.45) is 1.46. The molecule has 0 unspecified atom stereocenters. The molecule has 2 amide bonds. The molecule has 0 aliphatic carbocycles. The molecule has 2 aromatic carbocycles. The number of nitrogens with zero attached hydrogens (tertiary/aromatic N) is 3. The Morgan fingerprint density at radius 1 is 1.04 bits per heavy atom. The highest BCUT2D eigenvalue weighted by atomic mass is 16.2. The molecule has 0 radical (unpaired) electrons. The molecule has 0 saturated carbocycles. The van der Waals surface area contributed by atoms with Crippen molar-refractivity contribution in [3.8, 4) is 0 Å². The van der Waals surface area contributed by atoms with Crippen molar-refractivity contribution in [2.24, 2.45) is 0 Å². The van der Waals surface area contributed by atoms with E-state index in [4.69, 9.17) is 0 Å². The Hall–Kier alpha value is -2.66. The van der Waals surface area contributed by atoms with E-state index in [0.29, 0.717) is 25.1 Å². The molecule has 1 heterocycles. The maximum Gasteiger partial charge on any atom is 0.254 e. The van der Waals surface area contributed by atoms with Crippen molar-refractivity contribution in [1.29, 1.82) is 0 Å². The molecule has 0 bridgehead atoms. The monoisotopic (exact) mass is 365 g/mol. The van der Waals surface area contributed by atoms with E-state index < -0.39 is 0 Å². The van der Waals surface area contributed by atoms with Crippen LogP contribution >= 0.6 is 0 Å². The number of likely N-dealkylation sites (N-methyl/N-ethyl adjacent to an activating group) is 1. The van der Waals surface area contributed by atoms with Crippen molar-refractivity contribution in [1.82, 2.24) is 9.80 Å². The van der Waals surface area contributed by atoms with Crippen LogP contribution in [0.3, 0.4) is 0 Å². The van der Waals surface area contributed by atoms with E-state index >= 15 is 0 Å². The highest BCUT2D eigenvalue weighted by molar-refractivity contribution is 5.99. The van der Waals surface area contributed by atoms with Gasteiger partial charge in [-0.15, -0.1) is 0 Å². The van der Waals surface area contributed by atoms with Gasteiger partial charge in [0, 0.05) is 43.9 Å². The fourth-order valence-electron chi connectivity index (χ4n) is 3.29. The summed E-state index contributed by atoms with van der Waals surface area (Å²) in [5, 5.41) is 0. The minimum absolute atomic E-state index is 0.00537. The predicted octanol–water partition coefficient (Wildman–Crippen LogP) is 3.02. The second-order valence-electron chi connectivity index (χ2n) is 7.21. The molecule has 1 aliphatic rings. The number of hydrogen-bond donors (Lipinski definition) is 0. The second kappa shape index (κ2) is 8.82. The van der Waals surface area contributed by atoms with E-state index in [1.165, 1.54) is 0 Å². The summed E-state index contributed by atoms with van der Waals surface area (Å²) in [5.74, 6) is 0.127. The van der Waals surface area contributed by atoms with Gasteiger partial charge in [-0.1, -0.05) is 36.4 Å². The van der Waals surface area contributed by atoms with Crippen LogP contribution in [0, 0.1) is 0 Å². The lowest BCUT2D eigenvalue weighted by Crippen LogP contribution is -2.36. The Morgan fingerprint density at radius 2 is 1.81 bits per heavy atom. The molecule has 5 nitrogen and oxygen atoms in total. The minimum Gasteiger partial charge on any atom is -0.333 e. The lowest BCUT2D eigenvalue weighted by molar-refractivity contribution is -0.117. The average molecular weight is 365 g/mol. The molecular weight excluding hydrogens is 338 g/mol. The summed E-state index contributed by atoms with van der Waals surface area (Å²) in [6, 6.07) is 17.5. The van der Waals surface area contributed by atoms with Gasteiger partial charge in [0.1, 0.15) is 0 Å². The average Bonchev–Trinajstić information content (AvgIpc) is 3.11. The van der Waals surface area contributed by atoms with Crippen molar-refractivity contribution < 1.29 is 9.59 Å². The van der Waals surface area contributed by atoms with Crippen LogP contribution in [0.1, 0.15) is 28.8 Å². The van der Waals surface area contributed by atoms with Crippen LogP contribution in [0.4, 0.5) is 5.69 Å². The zero-order valence-corrected chi connectivity index (χ0v) is 16.1. The quantitative estimate of drug-likeness (QED) is 0.758. The molecule has 3 rings (SSSR count). The molecular formula is C22H27N3O2. The van der Waals surface area contributed by atoms with E-state index in [0.717, 1.165) is 30.8 Å². The molecule has 0 atom stereocenters. The van der Waals surface area contributed by atoms with Crippen LogP contribution in [0.2, 0.25) is 0 Å². The van der Waals surface area contributed by atoms with Gasteiger partial charge in [-0.05, 0) is 44.3 Å². The summed E-state index contributed by atoms with van der Waals surface area (Å²) in [4.78, 5) is 31.0. The minimum atomic E-state index is -0.00537. The summed E-state index contributed by atoms with van der Waals surface area (Å²) in [6.45, 7) is 2.74. The third-order valence-electron chi connectivity index (χ3n) is 4.80. The van der Waals surface area contributed by atoms with Gasteiger partial charge in [0.05, 0.1) is 0 Å². The van der Waals surface area contributed by atoms with E-state index in [-0.39, 0.29) is 11.8 Å². The van der Waals surface area contributed by atoms with Gasteiger partial charge in [0.2, 0.25) is 5.91 Å². The number of hydrogen-bond acceptors (Lipinski definition) is 3. The van der Waals surface area contributed by atoms with E-state index in [9.17, 15) is 9.59 Å². The Bertz CT molecular complexity index is 789. The van der Waals surface area contributed by atoms with Crippen LogP contribution in [0.5, 0.6) is 0 Å². The number of anilines is 1. The van der Waals surface area contributed by atoms with Crippen molar-refractivity contribution in [2.75, 3.05) is 38.6 Å². The normalized spacial score (nSPS) is 14.0. The molecule has 27 heavy (non-hydrogen) atoms. The van der Waals surface area contributed by atoms with Gasteiger partial charge in [0.25, 0.3) is 5.91 Å². The fourth-order valence-corrected chi connectivity index (χ4v) is 3.29. The van der Waals surface area contributed by atoms with E-state index in [1.807, 2.05) is 73.6 Å². The van der Waals surface area contributed by atoms with Gasteiger partial charge in [-0.2, -0.15) is 0 Å². The first-order valence-corrected chi connectivity index (χ1v) is 9.43. The van der Waals surface area contributed by atoms with Gasteiger partial charge in [-0.3, -0.25) is 9.59 Å².